The van der Waals surface area contributed by atoms with Crippen LogP contribution in [0.4, 0.5) is 0 Å². The van der Waals surface area contributed by atoms with E-state index in [1.54, 1.807) is 0 Å². The first-order valence-electron chi connectivity index (χ1n) is 6.97. The first-order chi connectivity index (χ1) is 9.78. The molecule has 0 aliphatic heterocycles. The van der Waals surface area contributed by atoms with Gasteiger partial charge in [-0.15, -0.1) is 0 Å². The Balaban J connectivity index is 2.38. The van der Waals surface area contributed by atoms with Gasteiger partial charge in [0.15, 0.2) is 11.5 Å². The lowest BCUT2D eigenvalue weighted by molar-refractivity contribution is 0.288. The quantitative estimate of drug-likeness (QED) is 0.873. The second-order valence-electron chi connectivity index (χ2n) is 4.43. The van der Waals surface area contributed by atoms with Crippen molar-refractivity contribution in [3.63, 3.8) is 0 Å². The first-order valence-corrected chi connectivity index (χ1v) is 6.97. The van der Waals surface area contributed by atoms with Gasteiger partial charge in [-0.1, -0.05) is 24.3 Å². The number of hydrogen-bond donors (Lipinski definition) is 1. The van der Waals surface area contributed by atoms with Crippen molar-refractivity contribution in [1.29, 1.82) is 0 Å². The van der Waals surface area contributed by atoms with E-state index in [9.17, 15) is 0 Å². The van der Waals surface area contributed by atoms with Crippen LogP contribution in [-0.4, -0.2) is 13.2 Å². The molecule has 0 radical (unpaired) electrons. The highest BCUT2D eigenvalue weighted by molar-refractivity contribution is 5.67. The molecule has 0 aliphatic carbocycles. The van der Waals surface area contributed by atoms with Gasteiger partial charge in [0.25, 0.3) is 0 Å². The van der Waals surface area contributed by atoms with E-state index in [0.717, 1.165) is 28.2 Å². The third-order valence-electron chi connectivity index (χ3n) is 3.04. The summed E-state index contributed by atoms with van der Waals surface area (Å²) in [6.45, 7) is 5.73. The van der Waals surface area contributed by atoms with Crippen molar-refractivity contribution in [2.75, 3.05) is 13.2 Å². The van der Waals surface area contributed by atoms with Crippen molar-refractivity contribution in [3.05, 3.63) is 48.0 Å². The molecule has 0 unspecified atom stereocenters. The molecule has 0 saturated carbocycles. The van der Waals surface area contributed by atoms with Gasteiger partial charge in [-0.2, -0.15) is 0 Å². The Labute approximate surface area is 120 Å². The van der Waals surface area contributed by atoms with Gasteiger partial charge in [-0.05, 0) is 48.7 Å². The third-order valence-corrected chi connectivity index (χ3v) is 3.04. The zero-order valence-electron chi connectivity index (χ0n) is 12.1. The summed E-state index contributed by atoms with van der Waals surface area (Å²) in [6, 6.07) is 14.2. The Bertz CT molecular complexity index is 567. The van der Waals surface area contributed by atoms with Crippen LogP contribution in [0.25, 0.3) is 11.1 Å². The fourth-order valence-electron chi connectivity index (χ4n) is 2.11. The molecule has 0 aliphatic rings. The van der Waals surface area contributed by atoms with Crippen LogP contribution in [0.2, 0.25) is 0 Å². The van der Waals surface area contributed by atoms with E-state index in [-0.39, 0.29) is 0 Å². The van der Waals surface area contributed by atoms with Gasteiger partial charge in [0, 0.05) is 6.54 Å². The summed E-state index contributed by atoms with van der Waals surface area (Å²) in [5.74, 6) is 1.57. The average Bonchev–Trinajstić information content (AvgIpc) is 2.49. The van der Waals surface area contributed by atoms with Crippen molar-refractivity contribution in [1.82, 2.24) is 0 Å². The molecule has 0 fully saturated rings. The standard InChI is InChI=1S/C17H21NO2/c1-3-19-16-9-8-15(11-17(16)20-4-2)14-7-5-6-13(10-14)12-18/h5-11H,3-4,12,18H2,1-2H3. The largest absolute Gasteiger partial charge is 0.490 e. The molecule has 20 heavy (non-hydrogen) atoms. The first kappa shape index (κ1) is 14.4. The monoisotopic (exact) mass is 271 g/mol. The molecular weight excluding hydrogens is 250 g/mol. The SMILES string of the molecule is CCOc1ccc(-c2cccc(CN)c2)cc1OCC. The summed E-state index contributed by atoms with van der Waals surface area (Å²) in [6.07, 6.45) is 0. The molecule has 2 aromatic carbocycles. The van der Waals surface area contributed by atoms with E-state index in [4.69, 9.17) is 15.2 Å². The van der Waals surface area contributed by atoms with E-state index >= 15 is 0 Å². The Hall–Kier alpha value is -2.00. The third kappa shape index (κ3) is 3.31. The number of ether oxygens (including phenoxy) is 2. The van der Waals surface area contributed by atoms with Gasteiger partial charge in [0.1, 0.15) is 0 Å². The van der Waals surface area contributed by atoms with Gasteiger partial charge in [0.2, 0.25) is 0 Å². The predicted octanol–water partition coefficient (Wildman–Crippen LogP) is 3.61. The smallest absolute Gasteiger partial charge is 0.161 e. The molecule has 2 rings (SSSR count). The molecule has 0 heterocycles. The van der Waals surface area contributed by atoms with E-state index in [0.29, 0.717) is 19.8 Å². The molecule has 0 aromatic heterocycles. The maximum atomic E-state index is 5.69. The average molecular weight is 271 g/mol. The normalized spacial score (nSPS) is 10.3. The van der Waals surface area contributed by atoms with Crippen LogP contribution in [0.1, 0.15) is 19.4 Å². The van der Waals surface area contributed by atoms with Crippen LogP contribution in [0.15, 0.2) is 42.5 Å². The zero-order chi connectivity index (χ0) is 14.4. The number of rotatable bonds is 6. The minimum absolute atomic E-state index is 0.545. The van der Waals surface area contributed by atoms with Gasteiger partial charge in [0.05, 0.1) is 13.2 Å². The fraction of sp³-hybridized carbons (Fsp3) is 0.294. The molecular formula is C17H21NO2. The number of nitrogens with two attached hydrogens (primary N) is 1. The second kappa shape index (κ2) is 6.96. The number of hydrogen-bond acceptors (Lipinski definition) is 3. The molecule has 2 aromatic rings. The van der Waals surface area contributed by atoms with Crippen LogP contribution in [0.3, 0.4) is 0 Å². The van der Waals surface area contributed by atoms with Crippen molar-refractivity contribution in [2.24, 2.45) is 5.73 Å². The molecule has 0 atom stereocenters. The molecule has 0 bridgehead atoms. The van der Waals surface area contributed by atoms with Crippen LogP contribution in [-0.2, 0) is 6.54 Å². The molecule has 0 amide bonds. The molecule has 3 nitrogen and oxygen atoms in total. The highest BCUT2D eigenvalue weighted by Gasteiger charge is 2.07. The highest BCUT2D eigenvalue weighted by atomic mass is 16.5. The maximum Gasteiger partial charge on any atom is 0.161 e. The molecule has 3 heteroatoms. The van der Waals surface area contributed by atoms with Gasteiger partial charge in [-0.3, -0.25) is 0 Å². The molecule has 0 saturated heterocycles. The Morgan fingerprint density at radius 2 is 1.55 bits per heavy atom. The number of benzene rings is 2. The van der Waals surface area contributed by atoms with Gasteiger partial charge >= 0.3 is 0 Å². The molecule has 0 spiro atoms. The zero-order valence-corrected chi connectivity index (χ0v) is 12.1. The lowest BCUT2D eigenvalue weighted by atomic mass is 10.0. The predicted molar refractivity (Wildman–Crippen MR) is 82.1 cm³/mol. The van der Waals surface area contributed by atoms with Crippen molar-refractivity contribution < 1.29 is 9.47 Å². The van der Waals surface area contributed by atoms with E-state index in [2.05, 4.69) is 12.1 Å². The summed E-state index contributed by atoms with van der Waals surface area (Å²) in [4.78, 5) is 0. The summed E-state index contributed by atoms with van der Waals surface area (Å²) >= 11 is 0. The second-order valence-corrected chi connectivity index (χ2v) is 4.43. The summed E-state index contributed by atoms with van der Waals surface area (Å²) in [5.41, 5.74) is 9.05. The Kier molecular flexibility index (Phi) is 5.02. The van der Waals surface area contributed by atoms with Crippen molar-refractivity contribution in [2.45, 2.75) is 20.4 Å². The summed E-state index contributed by atoms with van der Waals surface area (Å²) < 4.78 is 11.2. The molecule has 106 valence electrons. The van der Waals surface area contributed by atoms with Gasteiger partial charge < -0.3 is 15.2 Å². The summed E-state index contributed by atoms with van der Waals surface area (Å²) in [7, 11) is 0. The minimum Gasteiger partial charge on any atom is -0.490 e. The maximum absolute atomic E-state index is 5.69. The summed E-state index contributed by atoms with van der Waals surface area (Å²) in [5, 5.41) is 0. The van der Waals surface area contributed by atoms with Crippen LogP contribution >= 0.6 is 0 Å². The van der Waals surface area contributed by atoms with E-state index < -0.39 is 0 Å². The van der Waals surface area contributed by atoms with E-state index in [1.165, 1.54) is 0 Å². The Morgan fingerprint density at radius 3 is 2.25 bits per heavy atom. The Morgan fingerprint density at radius 1 is 0.850 bits per heavy atom. The van der Waals surface area contributed by atoms with Crippen LogP contribution in [0, 0.1) is 0 Å². The van der Waals surface area contributed by atoms with Crippen LogP contribution in [0.5, 0.6) is 11.5 Å². The van der Waals surface area contributed by atoms with Crippen LogP contribution < -0.4 is 15.2 Å². The van der Waals surface area contributed by atoms with E-state index in [1.807, 2.05) is 44.2 Å². The fourth-order valence-corrected chi connectivity index (χ4v) is 2.11. The van der Waals surface area contributed by atoms with Crippen molar-refractivity contribution >= 4 is 0 Å². The topological polar surface area (TPSA) is 44.5 Å². The lowest BCUT2D eigenvalue weighted by Gasteiger charge is -2.13. The highest BCUT2D eigenvalue weighted by Crippen LogP contribution is 2.33. The van der Waals surface area contributed by atoms with Crippen molar-refractivity contribution in [3.8, 4) is 22.6 Å². The minimum atomic E-state index is 0.545. The lowest BCUT2D eigenvalue weighted by Crippen LogP contribution is -1.99. The van der Waals surface area contributed by atoms with Gasteiger partial charge in [-0.25, -0.2) is 0 Å². The molecule has 2 N–H and O–H groups in total.